The minimum atomic E-state index is -0.612. The molecule has 3 rings (SSSR count). The maximum absolute atomic E-state index is 12.5. The van der Waals surface area contributed by atoms with Gasteiger partial charge in [0.05, 0.1) is 6.54 Å². The molecule has 1 aromatic heterocycles. The SMILES string of the molecule is Cc1ccc(OC(C)C(=O)N(C)Cc2nc(-c3ccccc3)no2)cc1. The first-order chi connectivity index (χ1) is 12.5. The highest BCUT2D eigenvalue weighted by atomic mass is 16.5. The van der Waals surface area contributed by atoms with Crippen molar-refractivity contribution >= 4 is 5.91 Å². The molecule has 1 atom stereocenters. The molecule has 0 aliphatic rings. The van der Waals surface area contributed by atoms with Crippen LogP contribution in [-0.2, 0) is 11.3 Å². The van der Waals surface area contributed by atoms with Gasteiger partial charge in [0.2, 0.25) is 11.7 Å². The third kappa shape index (κ3) is 4.27. The molecule has 0 radical (unpaired) electrons. The minimum absolute atomic E-state index is 0.162. The van der Waals surface area contributed by atoms with Gasteiger partial charge in [-0.1, -0.05) is 53.2 Å². The summed E-state index contributed by atoms with van der Waals surface area (Å²) in [5, 5.41) is 3.96. The summed E-state index contributed by atoms with van der Waals surface area (Å²) in [7, 11) is 1.68. The molecule has 3 aromatic rings. The molecule has 1 amide bonds. The van der Waals surface area contributed by atoms with Crippen molar-refractivity contribution in [3.63, 3.8) is 0 Å². The zero-order valence-corrected chi connectivity index (χ0v) is 15.0. The number of rotatable bonds is 6. The van der Waals surface area contributed by atoms with Gasteiger partial charge >= 0.3 is 0 Å². The molecule has 0 saturated carbocycles. The lowest BCUT2D eigenvalue weighted by molar-refractivity contribution is -0.137. The average molecular weight is 351 g/mol. The van der Waals surface area contributed by atoms with Gasteiger partial charge in [0.25, 0.3) is 5.91 Å². The van der Waals surface area contributed by atoms with Crippen LogP contribution in [0.4, 0.5) is 0 Å². The molecule has 26 heavy (non-hydrogen) atoms. The lowest BCUT2D eigenvalue weighted by Crippen LogP contribution is -2.37. The Bertz CT molecular complexity index is 860. The first-order valence-corrected chi connectivity index (χ1v) is 8.39. The fourth-order valence-corrected chi connectivity index (χ4v) is 2.49. The number of amides is 1. The third-order valence-electron chi connectivity index (χ3n) is 3.93. The van der Waals surface area contributed by atoms with Crippen molar-refractivity contribution in [3.8, 4) is 17.1 Å². The van der Waals surface area contributed by atoms with Gasteiger partial charge in [-0.3, -0.25) is 4.79 Å². The van der Waals surface area contributed by atoms with Crippen LogP contribution in [0.15, 0.2) is 59.1 Å². The molecule has 1 unspecified atom stereocenters. The van der Waals surface area contributed by atoms with Crippen LogP contribution in [0, 0.1) is 6.92 Å². The largest absolute Gasteiger partial charge is 0.481 e. The van der Waals surface area contributed by atoms with E-state index in [0.717, 1.165) is 11.1 Å². The Morgan fingerprint density at radius 2 is 1.85 bits per heavy atom. The van der Waals surface area contributed by atoms with Crippen LogP contribution in [-0.4, -0.2) is 34.1 Å². The van der Waals surface area contributed by atoms with Crippen LogP contribution >= 0.6 is 0 Å². The molecule has 0 spiro atoms. The topological polar surface area (TPSA) is 68.5 Å². The highest BCUT2D eigenvalue weighted by Gasteiger charge is 2.21. The number of carbonyl (C=O) groups excluding carboxylic acids is 1. The average Bonchev–Trinajstić information content (AvgIpc) is 3.12. The van der Waals surface area contributed by atoms with Gasteiger partial charge in [0.15, 0.2) is 6.10 Å². The van der Waals surface area contributed by atoms with Crippen molar-refractivity contribution in [1.82, 2.24) is 15.0 Å². The van der Waals surface area contributed by atoms with Crippen LogP contribution in [0.3, 0.4) is 0 Å². The first-order valence-electron chi connectivity index (χ1n) is 8.39. The van der Waals surface area contributed by atoms with E-state index in [9.17, 15) is 4.79 Å². The Kier molecular flexibility index (Phi) is 5.31. The van der Waals surface area contributed by atoms with Crippen LogP contribution in [0.5, 0.6) is 5.75 Å². The summed E-state index contributed by atoms with van der Waals surface area (Å²) in [6, 6.07) is 17.1. The fraction of sp³-hybridized carbons (Fsp3) is 0.250. The normalized spacial score (nSPS) is 11.8. The lowest BCUT2D eigenvalue weighted by atomic mass is 10.2. The summed E-state index contributed by atoms with van der Waals surface area (Å²) in [5.41, 5.74) is 2.01. The monoisotopic (exact) mass is 351 g/mol. The maximum Gasteiger partial charge on any atom is 0.263 e. The van der Waals surface area contributed by atoms with E-state index in [4.69, 9.17) is 9.26 Å². The molecule has 0 N–H and O–H groups in total. The second-order valence-electron chi connectivity index (χ2n) is 6.15. The molecular weight excluding hydrogens is 330 g/mol. The van der Waals surface area contributed by atoms with Crippen molar-refractivity contribution in [2.75, 3.05) is 7.05 Å². The van der Waals surface area contributed by atoms with Crippen molar-refractivity contribution in [2.45, 2.75) is 26.5 Å². The molecule has 0 saturated heterocycles. The molecule has 0 aliphatic heterocycles. The van der Waals surface area contributed by atoms with E-state index in [-0.39, 0.29) is 12.5 Å². The lowest BCUT2D eigenvalue weighted by Gasteiger charge is -2.20. The van der Waals surface area contributed by atoms with E-state index in [1.54, 1.807) is 14.0 Å². The predicted octanol–water partition coefficient (Wildman–Crippen LogP) is 3.47. The Morgan fingerprint density at radius 1 is 1.15 bits per heavy atom. The third-order valence-corrected chi connectivity index (χ3v) is 3.93. The van der Waals surface area contributed by atoms with E-state index in [1.165, 1.54) is 4.90 Å². The molecule has 1 heterocycles. The summed E-state index contributed by atoms with van der Waals surface area (Å²) < 4.78 is 11.0. The summed E-state index contributed by atoms with van der Waals surface area (Å²) in [5.74, 6) is 1.38. The van der Waals surface area contributed by atoms with Crippen molar-refractivity contribution in [1.29, 1.82) is 0 Å². The van der Waals surface area contributed by atoms with Crippen LogP contribution in [0.2, 0.25) is 0 Å². The van der Waals surface area contributed by atoms with E-state index in [1.807, 2.05) is 61.5 Å². The molecule has 134 valence electrons. The molecule has 0 fully saturated rings. The molecule has 6 nitrogen and oxygen atoms in total. The van der Waals surface area contributed by atoms with Gasteiger partial charge in [0, 0.05) is 12.6 Å². The Labute approximate surface area is 152 Å². The predicted molar refractivity (Wildman–Crippen MR) is 97.5 cm³/mol. The standard InChI is InChI=1S/C20H21N3O3/c1-14-9-11-17(12-10-14)25-15(2)20(24)23(3)13-18-21-19(22-26-18)16-7-5-4-6-8-16/h4-12,15H,13H2,1-3H3. The van der Waals surface area contributed by atoms with Crippen LogP contribution in [0.1, 0.15) is 18.4 Å². The number of likely N-dealkylation sites (N-methyl/N-ethyl adjacent to an activating group) is 1. The molecule has 0 bridgehead atoms. The van der Waals surface area contributed by atoms with Crippen molar-refractivity contribution in [2.24, 2.45) is 0 Å². The van der Waals surface area contributed by atoms with E-state index < -0.39 is 6.10 Å². The number of carbonyl (C=O) groups is 1. The van der Waals surface area contributed by atoms with Crippen LogP contribution < -0.4 is 4.74 Å². The first kappa shape index (κ1) is 17.7. The number of aromatic nitrogens is 2. The summed E-state index contributed by atoms with van der Waals surface area (Å²) in [6.07, 6.45) is -0.612. The van der Waals surface area contributed by atoms with Gasteiger partial charge in [-0.15, -0.1) is 0 Å². The highest BCUT2D eigenvalue weighted by Crippen LogP contribution is 2.17. The quantitative estimate of drug-likeness (QED) is 0.680. The van der Waals surface area contributed by atoms with Gasteiger partial charge < -0.3 is 14.2 Å². The van der Waals surface area contributed by atoms with Crippen molar-refractivity contribution < 1.29 is 14.1 Å². The number of hydrogen-bond donors (Lipinski definition) is 0. The van der Waals surface area contributed by atoms with Crippen molar-refractivity contribution in [3.05, 3.63) is 66.1 Å². The minimum Gasteiger partial charge on any atom is -0.481 e. The number of nitrogens with zero attached hydrogens (tertiary/aromatic N) is 3. The zero-order valence-electron chi connectivity index (χ0n) is 15.0. The van der Waals surface area contributed by atoms with Gasteiger partial charge in [0.1, 0.15) is 5.75 Å². The van der Waals surface area contributed by atoms with Crippen LogP contribution in [0.25, 0.3) is 11.4 Å². The summed E-state index contributed by atoms with van der Waals surface area (Å²) in [6.45, 7) is 3.95. The second-order valence-corrected chi connectivity index (χ2v) is 6.15. The summed E-state index contributed by atoms with van der Waals surface area (Å²) in [4.78, 5) is 18.4. The molecular formula is C20H21N3O3. The van der Waals surface area contributed by atoms with E-state index >= 15 is 0 Å². The Hall–Kier alpha value is -3.15. The van der Waals surface area contributed by atoms with Gasteiger partial charge in [-0.05, 0) is 26.0 Å². The highest BCUT2D eigenvalue weighted by molar-refractivity contribution is 5.80. The Balaban J connectivity index is 1.60. The second kappa shape index (κ2) is 7.82. The molecule has 2 aromatic carbocycles. The van der Waals surface area contributed by atoms with Gasteiger partial charge in [-0.25, -0.2) is 0 Å². The fourth-order valence-electron chi connectivity index (χ4n) is 2.49. The van der Waals surface area contributed by atoms with E-state index in [0.29, 0.717) is 17.5 Å². The number of ether oxygens (including phenoxy) is 1. The number of benzene rings is 2. The number of hydrogen-bond acceptors (Lipinski definition) is 5. The maximum atomic E-state index is 12.5. The molecule has 6 heteroatoms. The van der Waals surface area contributed by atoms with Gasteiger partial charge in [-0.2, -0.15) is 4.98 Å². The molecule has 0 aliphatic carbocycles. The zero-order chi connectivity index (χ0) is 18.5. The Morgan fingerprint density at radius 3 is 2.54 bits per heavy atom. The smallest absolute Gasteiger partial charge is 0.263 e. The number of aryl methyl sites for hydroxylation is 1. The summed E-state index contributed by atoms with van der Waals surface area (Å²) >= 11 is 0. The van der Waals surface area contributed by atoms with E-state index in [2.05, 4.69) is 10.1 Å².